The number of benzene rings is 1. The molecule has 3 rings (SSSR count). The van der Waals surface area contributed by atoms with Gasteiger partial charge in [0.2, 0.25) is 0 Å². The van der Waals surface area contributed by atoms with Crippen molar-refractivity contribution in [1.29, 1.82) is 0 Å². The summed E-state index contributed by atoms with van der Waals surface area (Å²) in [4.78, 5) is 13.3. The molecular formula is C14H13Br2N3O2. The molecule has 0 aliphatic carbocycles. The van der Waals surface area contributed by atoms with Crippen molar-refractivity contribution >= 4 is 49.3 Å². The van der Waals surface area contributed by atoms with Gasteiger partial charge in [-0.1, -0.05) is 0 Å². The lowest BCUT2D eigenvalue weighted by atomic mass is 10.2. The lowest BCUT2D eigenvalue weighted by Crippen LogP contribution is -2.27. The van der Waals surface area contributed by atoms with Gasteiger partial charge in [0.05, 0.1) is 11.0 Å². The third-order valence-corrected chi connectivity index (χ3v) is 4.91. The zero-order valence-electron chi connectivity index (χ0n) is 11.0. The molecule has 2 N–H and O–H groups in total. The number of hydrogen-bond donors (Lipinski definition) is 2. The number of anilines is 2. The maximum absolute atomic E-state index is 11.6. The molecule has 0 atom stereocenters. The second-order valence-corrected chi connectivity index (χ2v) is 6.19. The van der Waals surface area contributed by atoms with Crippen LogP contribution in [-0.2, 0) is 6.54 Å². The molecule has 1 saturated heterocycles. The Morgan fingerprint density at radius 2 is 2.05 bits per heavy atom. The molecule has 1 fully saturated rings. The highest BCUT2D eigenvalue weighted by Crippen LogP contribution is 2.27. The predicted octanol–water partition coefficient (Wildman–Crippen LogP) is 3.95. The SMILES string of the molecule is O=C1NCCN1c1ccc(NCc2cc(Br)c(Br)o2)cc1. The van der Waals surface area contributed by atoms with Crippen molar-refractivity contribution in [3.63, 3.8) is 0 Å². The van der Waals surface area contributed by atoms with Crippen molar-refractivity contribution < 1.29 is 9.21 Å². The Balaban J connectivity index is 1.63. The number of nitrogens with zero attached hydrogens (tertiary/aromatic N) is 1. The van der Waals surface area contributed by atoms with E-state index in [1.54, 1.807) is 4.90 Å². The predicted molar refractivity (Wildman–Crippen MR) is 88.6 cm³/mol. The zero-order chi connectivity index (χ0) is 14.8. The average Bonchev–Trinajstić information content (AvgIpc) is 3.04. The number of hydrogen-bond acceptors (Lipinski definition) is 3. The Kier molecular flexibility index (Phi) is 4.21. The summed E-state index contributed by atoms with van der Waals surface area (Å²) in [5, 5.41) is 6.06. The molecular weight excluding hydrogens is 402 g/mol. The summed E-state index contributed by atoms with van der Waals surface area (Å²) in [7, 11) is 0. The fraction of sp³-hybridized carbons (Fsp3) is 0.214. The third-order valence-electron chi connectivity index (χ3n) is 3.20. The molecule has 0 radical (unpaired) electrons. The highest BCUT2D eigenvalue weighted by molar-refractivity contribution is 9.13. The number of urea groups is 1. The van der Waals surface area contributed by atoms with Gasteiger partial charge in [-0.05, 0) is 62.2 Å². The van der Waals surface area contributed by atoms with E-state index in [4.69, 9.17) is 4.42 Å². The fourth-order valence-corrected chi connectivity index (χ4v) is 2.80. The average molecular weight is 415 g/mol. The lowest BCUT2D eigenvalue weighted by molar-refractivity contribution is 0.252. The van der Waals surface area contributed by atoms with Crippen LogP contribution in [0, 0.1) is 0 Å². The summed E-state index contributed by atoms with van der Waals surface area (Å²) in [6.07, 6.45) is 0. The molecule has 1 aliphatic rings. The minimum Gasteiger partial charge on any atom is -0.451 e. The van der Waals surface area contributed by atoms with Gasteiger partial charge in [0.1, 0.15) is 5.76 Å². The first-order chi connectivity index (χ1) is 10.1. The van der Waals surface area contributed by atoms with E-state index in [2.05, 4.69) is 42.5 Å². The van der Waals surface area contributed by atoms with Crippen molar-refractivity contribution in [2.75, 3.05) is 23.3 Å². The van der Waals surface area contributed by atoms with Gasteiger partial charge in [0.15, 0.2) is 4.67 Å². The molecule has 0 bridgehead atoms. The van der Waals surface area contributed by atoms with Gasteiger partial charge in [-0.15, -0.1) is 0 Å². The van der Waals surface area contributed by atoms with Crippen molar-refractivity contribution in [3.05, 3.63) is 45.2 Å². The van der Waals surface area contributed by atoms with Gasteiger partial charge >= 0.3 is 6.03 Å². The van der Waals surface area contributed by atoms with E-state index in [1.807, 2.05) is 30.3 Å². The summed E-state index contributed by atoms with van der Waals surface area (Å²) in [6, 6.07) is 9.64. The van der Waals surface area contributed by atoms with Crippen molar-refractivity contribution in [2.24, 2.45) is 0 Å². The molecule has 0 unspecified atom stereocenters. The minimum atomic E-state index is -0.0407. The maximum Gasteiger partial charge on any atom is 0.321 e. The van der Waals surface area contributed by atoms with Gasteiger partial charge in [-0.3, -0.25) is 4.90 Å². The standard InChI is InChI=1S/C14H13Br2N3O2/c15-12-7-11(21-13(12)16)8-18-9-1-3-10(4-2-9)19-6-5-17-14(19)20/h1-4,7,18H,5-6,8H2,(H,17,20). The van der Waals surface area contributed by atoms with Crippen LogP contribution in [0.25, 0.3) is 0 Å². The second kappa shape index (κ2) is 6.11. The molecule has 110 valence electrons. The molecule has 2 aromatic rings. The minimum absolute atomic E-state index is 0.0407. The van der Waals surface area contributed by atoms with Crippen LogP contribution in [0.15, 0.2) is 43.9 Å². The van der Waals surface area contributed by atoms with E-state index >= 15 is 0 Å². The maximum atomic E-state index is 11.6. The number of rotatable bonds is 4. The van der Waals surface area contributed by atoms with Gasteiger partial charge in [-0.2, -0.15) is 0 Å². The first-order valence-corrected chi connectivity index (χ1v) is 8.05. The number of carbonyl (C=O) groups excluding carboxylic acids is 1. The highest BCUT2D eigenvalue weighted by atomic mass is 79.9. The number of carbonyl (C=O) groups is 1. The van der Waals surface area contributed by atoms with Crippen LogP contribution < -0.4 is 15.5 Å². The van der Waals surface area contributed by atoms with Crippen molar-refractivity contribution in [3.8, 4) is 0 Å². The van der Waals surface area contributed by atoms with Crippen LogP contribution in [0.1, 0.15) is 5.76 Å². The van der Waals surface area contributed by atoms with Crippen molar-refractivity contribution in [2.45, 2.75) is 6.54 Å². The van der Waals surface area contributed by atoms with Gasteiger partial charge in [-0.25, -0.2) is 4.79 Å². The van der Waals surface area contributed by atoms with Crippen molar-refractivity contribution in [1.82, 2.24) is 5.32 Å². The quantitative estimate of drug-likeness (QED) is 0.796. The lowest BCUT2D eigenvalue weighted by Gasteiger charge is -2.14. The molecule has 1 aliphatic heterocycles. The molecule has 0 saturated carbocycles. The van der Waals surface area contributed by atoms with Crippen LogP contribution in [0.4, 0.5) is 16.2 Å². The summed E-state index contributed by atoms with van der Waals surface area (Å²) in [5.41, 5.74) is 1.88. The largest absolute Gasteiger partial charge is 0.451 e. The third kappa shape index (κ3) is 3.24. The highest BCUT2D eigenvalue weighted by Gasteiger charge is 2.20. The van der Waals surface area contributed by atoms with Crippen LogP contribution in [0.2, 0.25) is 0 Å². The summed E-state index contributed by atoms with van der Waals surface area (Å²) in [6.45, 7) is 1.99. The van der Waals surface area contributed by atoms with Gasteiger partial charge in [0.25, 0.3) is 0 Å². The number of furan rings is 1. The summed E-state index contributed by atoms with van der Waals surface area (Å²) >= 11 is 6.69. The van der Waals surface area contributed by atoms with Crippen LogP contribution in [0.3, 0.4) is 0 Å². The fourth-order valence-electron chi connectivity index (χ4n) is 2.14. The molecule has 5 nitrogen and oxygen atoms in total. The first-order valence-electron chi connectivity index (χ1n) is 6.46. The summed E-state index contributed by atoms with van der Waals surface area (Å²) in [5.74, 6) is 0.830. The number of halogens is 2. The molecule has 2 heterocycles. The van der Waals surface area contributed by atoms with E-state index in [0.29, 0.717) is 24.3 Å². The molecule has 0 spiro atoms. The zero-order valence-corrected chi connectivity index (χ0v) is 14.2. The first kappa shape index (κ1) is 14.5. The molecule has 2 amide bonds. The normalized spacial score (nSPS) is 14.4. The Bertz CT molecular complexity index is 635. The Morgan fingerprint density at radius 1 is 1.29 bits per heavy atom. The molecule has 1 aromatic carbocycles. The topological polar surface area (TPSA) is 57.5 Å². The Hall–Kier alpha value is -1.47. The monoisotopic (exact) mass is 413 g/mol. The van der Waals surface area contributed by atoms with E-state index in [9.17, 15) is 4.79 Å². The Labute approximate surface area is 138 Å². The van der Waals surface area contributed by atoms with Gasteiger partial charge in [0, 0.05) is 24.5 Å². The van der Waals surface area contributed by atoms with Crippen LogP contribution >= 0.6 is 31.9 Å². The molecule has 21 heavy (non-hydrogen) atoms. The Morgan fingerprint density at radius 3 is 2.62 bits per heavy atom. The second-order valence-electron chi connectivity index (χ2n) is 4.62. The van der Waals surface area contributed by atoms with Crippen LogP contribution in [0.5, 0.6) is 0 Å². The smallest absolute Gasteiger partial charge is 0.321 e. The van der Waals surface area contributed by atoms with E-state index in [1.165, 1.54) is 0 Å². The van der Waals surface area contributed by atoms with E-state index in [0.717, 1.165) is 21.6 Å². The number of amides is 2. The van der Waals surface area contributed by atoms with E-state index in [-0.39, 0.29) is 6.03 Å². The number of nitrogens with one attached hydrogen (secondary N) is 2. The van der Waals surface area contributed by atoms with Gasteiger partial charge < -0.3 is 15.1 Å². The van der Waals surface area contributed by atoms with E-state index < -0.39 is 0 Å². The molecule has 7 heteroatoms. The summed E-state index contributed by atoms with van der Waals surface area (Å²) < 4.78 is 7.09. The van der Waals surface area contributed by atoms with Crippen LogP contribution in [-0.4, -0.2) is 19.1 Å². The molecule has 1 aromatic heterocycles.